The van der Waals surface area contributed by atoms with Gasteiger partial charge >= 0.3 is 0 Å². The Labute approximate surface area is 149 Å². The van der Waals surface area contributed by atoms with E-state index in [4.69, 9.17) is 4.52 Å². The second-order valence-electron chi connectivity index (χ2n) is 5.87. The van der Waals surface area contributed by atoms with Gasteiger partial charge in [0.15, 0.2) is 5.82 Å². The molecule has 1 aromatic rings. The van der Waals surface area contributed by atoms with Crippen molar-refractivity contribution in [3.63, 3.8) is 0 Å². The lowest BCUT2D eigenvalue weighted by molar-refractivity contribution is -0.137. The number of nitrogens with zero attached hydrogens (tertiary/aromatic N) is 4. The quantitative estimate of drug-likeness (QED) is 0.856. The molecule has 2 aliphatic heterocycles. The minimum absolute atomic E-state index is 0. The fourth-order valence-corrected chi connectivity index (χ4v) is 3.05. The van der Waals surface area contributed by atoms with E-state index in [1.165, 1.54) is 0 Å². The van der Waals surface area contributed by atoms with Crippen LogP contribution in [0.5, 0.6) is 0 Å². The van der Waals surface area contributed by atoms with Gasteiger partial charge in [-0.1, -0.05) is 5.16 Å². The number of hydrogen-bond donors (Lipinski definition) is 1. The van der Waals surface area contributed by atoms with E-state index in [0.717, 1.165) is 57.9 Å². The molecular formula is C14H25Cl2N5O2. The molecule has 1 unspecified atom stereocenters. The number of hydrogen-bond acceptors (Lipinski definition) is 6. The minimum atomic E-state index is 0. The molecule has 0 radical (unpaired) electrons. The molecule has 2 saturated heterocycles. The van der Waals surface area contributed by atoms with Crippen LogP contribution >= 0.6 is 24.8 Å². The molecule has 7 nitrogen and oxygen atoms in total. The zero-order valence-electron chi connectivity index (χ0n) is 13.4. The smallest absolute Gasteiger partial charge is 0.227 e. The largest absolute Gasteiger partial charge is 0.340 e. The van der Waals surface area contributed by atoms with Crippen LogP contribution in [0.1, 0.15) is 24.6 Å². The number of halogens is 2. The van der Waals surface area contributed by atoms with Crippen LogP contribution in [0, 0.1) is 12.8 Å². The molecule has 1 aromatic heterocycles. The number of rotatable bonds is 3. The van der Waals surface area contributed by atoms with Gasteiger partial charge in [-0.3, -0.25) is 9.69 Å². The number of amides is 1. The van der Waals surface area contributed by atoms with Crippen LogP contribution in [0.3, 0.4) is 0 Å². The molecule has 0 aromatic carbocycles. The number of aryl methyl sites for hydroxylation is 1. The Balaban J connectivity index is 0.00000132. The van der Waals surface area contributed by atoms with E-state index in [1.54, 1.807) is 6.92 Å². The van der Waals surface area contributed by atoms with Gasteiger partial charge in [-0.15, -0.1) is 24.8 Å². The number of carbonyl (C=O) groups excluding carboxylic acids is 1. The molecule has 3 rings (SSSR count). The summed E-state index contributed by atoms with van der Waals surface area (Å²) in [5.74, 6) is 1.81. The summed E-state index contributed by atoms with van der Waals surface area (Å²) >= 11 is 0. The Kier molecular flexibility index (Phi) is 8.25. The molecular weight excluding hydrogens is 341 g/mol. The van der Waals surface area contributed by atoms with Crippen LogP contribution < -0.4 is 5.32 Å². The molecule has 0 aliphatic carbocycles. The average Bonchev–Trinajstić information content (AvgIpc) is 2.93. The highest BCUT2D eigenvalue weighted by Crippen LogP contribution is 2.15. The number of nitrogens with one attached hydrogen (secondary N) is 1. The predicted octanol–water partition coefficient (Wildman–Crippen LogP) is 0.865. The van der Waals surface area contributed by atoms with Crippen molar-refractivity contribution in [1.82, 2.24) is 25.3 Å². The van der Waals surface area contributed by atoms with E-state index in [1.807, 2.05) is 4.90 Å². The maximum atomic E-state index is 12.4. The van der Waals surface area contributed by atoms with Crippen molar-refractivity contribution in [2.24, 2.45) is 5.92 Å². The first-order valence-electron chi connectivity index (χ1n) is 7.73. The first-order valence-corrected chi connectivity index (χ1v) is 7.73. The van der Waals surface area contributed by atoms with Gasteiger partial charge in [0.05, 0.1) is 12.5 Å². The van der Waals surface area contributed by atoms with Gasteiger partial charge in [0.2, 0.25) is 11.8 Å². The van der Waals surface area contributed by atoms with E-state index < -0.39 is 0 Å². The van der Waals surface area contributed by atoms with Crippen molar-refractivity contribution in [1.29, 1.82) is 0 Å². The maximum absolute atomic E-state index is 12.4. The molecule has 1 atom stereocenters. The fraction of sp³-hybridized carbons (Fsp3) is 0.786. The summed E-state index contributed by atoms with van der Waals surface area (Å²) in [5.41, 5.74) is 0. The molecule has 0 saturated carbocycles. The van der Waals surface area contributed by atoms with Crippen LogP contribution in [0.15, 0.2) is 4.52 Å². The summed E-state index contributed by atoms with van der Waals surface area (Å²) in [6, 6.07) is 0. The summed E-state index contributed by atoms with van der Waals surface area (Å²) in [6.07, 6.45) is 2.13. The molecule has 1 amide bonds. The highest BCUT2D eigenvalue weighted by molar-refractivity contribution is 5.85. The van der Waals surface area contributed by atoms with Gasteiger partial charge in [0.1, 0.15) is 0 Å². The normalized spacial score (nSPS) is 22.1. The molecule has 9 heteroatoms. The lowest BCUT2D eigenvalue weighted by atomic mass is 9.98. The SMILES string of the molecule is Cc1nc(CN2CCN(C(=O)C3CCCNC3)CC2)no1.Cl.Cl. The minimum Gasteiger partial charge on any atom is -0.340 e. The van der Waals surface area contributed by atoms with Gasteiger partial charge in [-0.05, 0) is 19.4 Å². The number of aromatic nitrogens is 2. The molecule has 3 heterocycles. The monoisotopic (exact) mass is 365 g/mol. The predicted molar refractivity (Wildman–Crippen MR) is 91.0 cm³/mol. The third kappa shape index (κ3) is 5.31. The topological polar surface area (TPSA) is 74.5 Å². The van der Waals surface area contributed by atoms with E-state index >= 15 is 0 Å². The third-order valence-corrected chi connectivity index (χ3v) is 4.26. The standard InChI is InChI=1S/C14H23N5O2.2ClH/c1-11-16-13(17-21-11)10-18-5-7-19(8-6-18)14(20)12-3-2-4-15-9-12;;/h12,15H,2-10H2,1H3;2*1H. The highest BCUT2D eigenvalue weighted by atomic mass is 35.5. The van der Waals surface area contributed by atoms with Crippen molar-refractivity contribution in [2.45, 2.75) is 26.3 Å². The van der Waals surface area contributed by atoms with Gasteiger partial charge < -0.3 is 14.7 Å². The summed E-state index contributed by atoms with van der Waals surface area (Å²) < 4.78 is 4.99. The Morgan fingerprint density at radius 2 is 2.04 bits per heavy atom. The van der Waals surface area contributed by atoms with Crippen LogP contribution in [0.2, 0.25) is 0 Å². The van der Waals surface area contributed by atoms with E-state index in [0.29, 0.717) is 18.3 Å². The number of piperazine rings is 1. The van der Waals surface area contributed by atoms with Gasteiger partial charge in [-0.2, -0.15) is 4.98 Å². The lowest BCUT2D eigenvalue weighted by Gasteiger charge is -2.36. The highest BCUT2D eigenvalue weighted by Gasteiger charge is 2.28. The summed E-state index contributed by atoms with van der Waals surface area (Å²) in [5, 5.41) is 7.23. The van der Waals surface area contributed by atoms with Crippen LogP contribution in [0.4, 0.5) is 0 Å². The van der Waals surface area contributed by atoms with Crippen LogP contribution in [0.25, 0.3) is 0 Å². The van der Waals surface area contributed by atoms with Crippen molar-refractivity contribution in [3.05, 3.63) is 11.7 Å². The Morgan fingerprint density at radius 1 is 1.30 bits per heavy atom. The molecule has 1 N–H and O–H groups in total. The molecule has 132 valence electrons. The fourth-order valence-electron chi connectivity index (χ4n) is 3.05. The maximum Gasteiger partial charge on any atom is 0.227 e. The number of carbonyl (C=O) groups is 1. The zero-order chi connectivity index (χ0) is 14.7. The summed E-state index contributed by atoms with van der Waals surface area (Å²) in [4.78, 5) is 21.0. The number of piperidine rings is 1. The molecule has 0 spiro atoms. The molecule has 2 fully saturated rings. The van der Waals surface area contributed by atoms with E-state index in [-0.39, 0.29) is 30.7 Å². The van der Waals surface area contributed by atoms with Crippen LogP contribution in [-0.2, 0) is 11.3 Å². The van der Waals surface area contributed by atoms with Crippen molar-refractivity contribution in [3.8, 4) is 0 Å². The second kappa shape index (κ2) is 9.42. The lowest BCUT2D eigenvalue weighted by Crippen LogP contribution is -2.51. The van der Waals surface area contributed by atoms with Crippen molar-refractivity contribution in [2.75, 3.05) is 39.3 Å². The second-order valence-corrected chi connectivity index (χ2v) is 5.87. The first-order chi connectivity index (χ1) is 10.2. The van der Waals surface area contributed by atoms with Crippen molar-refractivity contribution < 1.29 is 9.32 Å². The Hall–Kier alpha value is -0.890. The Morgan fingerprint density at radius 3 is 2.61 bits per heavy atom. The summed E-state index contributed by atoms with van der Waals surface area (Å²) in [6.45, 7) is 7.72. The molecule has 0 bridgehead atoms. The Bertz CT molecular complexity index is 485. The summed E-state index contributed by atoms with van der Waals surface area (Å²) in [7, 11) is 0. The average molecular weight is 366 g/mol. The van der Waals surface area contributed by atoms with E-state index in [2.05, 4.69) is 20.4 Å². The van der Waals surface area contributed by atoms with Gasteiger partial charge in [-0.25, -0.2) is 0 Å². The zero-order valence-corrected chi connectivity index (χ0v) is 15.0. The van der Waals surface area contributed by atoms with E-state index in [9.17, 15) is 4.79 Å². The van der Waals surface area contributed by atoms with Gasteiger partial charge in [0.25, 0.3) is 0 Å². The molecule has 23 heavy (non-hydrogen) atoms. The van der Waals surface area contributed by atoms with Crippen LogP contribution in [-0.4, -0.2) is 65.1 Å². The third-order valence-electron chi connectivity index (χ3n) is 4.26. The van der Waals surface area contributed by atoms with Crippen molar-refractivity contribution >= 4 is 30.7 Å². The first kappa shape index (κ1) is 20.2. The molecule has 2 aliphatic rings. The van der Waals surface area contributed by atoms with Gasteiger partial charge in [0, 0.05) is 39.6 Å².